The summed E-state index contributed by atoms with van der Waals surface area (Å²) in [5.41, 5.74) is 12.4. The van der Waals surface area contributed by atoms with E-state index in [-0.39, 0.29) is 0 Å². The summed E-state index contributed by atoms with van der Waals surface area (Å²) in [5, 5.41) is 4.44. The lowest BCUT2D eigenvalue weighted by Crippen LogP contribution is -2.07. The Balaban J connectivity index is 1.29. The Morgan fingerprint density at radius 3 is 2.79 bits per heavy atom. The van der Waals surface area contributed by atoms with Crippen molar-refractivity contribution in [3.63, 3.8) is 0 Å². The quantitative estimate of drug-likeness (QED) is 0.378. The molecule has 0 spiro atoms. The summed E-state index contributed by atoms with van der Waals surface area (Å²) < 4.78 is 0. The second kappa shape index (κ2) is 6.70. The first-order valence-electron chi connectivity index (χ1n) is 9.08. The Morgan fingerprint density at radius 2 is 1.86 bits per heavy atom. The van der Waals surface area contributed by atoms with Crippen molar-refractivity contribution in [3.8, 4) is 0 Å². The number of nitrogens with zero attached hydrogens (tertiary/aromatic N) is 3. The van der Waals surface area contributed by atoms with Gasteiger partial charge in [-0.05, 0) is 40.8 Å². The Hall–Kier alpha value is -3.87. The first-order chi connectivity index (χ1) is 13.7. The number of nitrogens with one attached hydrogen (secondary N) is 3. The fourth-order valence-electron chi connectivity index (χ4n) is 3.33. The Morgan fingerprint density at radius 1 is 0.929 bits per heavy atom. The molecule has 0 bridgehead atoms. The lowest BCUT2D eigenvalue weighted by atomic mass is 10.1. The lowest BCUT2D eigenvalue weighted by molar-refractivity contribution is 1.03. The monoisotopic (exact) mass is 369 g/mol. The van der Waals surface area contributed by atoms with Crippen LogP contribution in [0.25, 0.3) is 21.9 Å². The van der Waals surface area contributed by atoms with Crippen LogP contribution in [0.4, 0.5) is 11.8 Å². The number of hydrogen-bond donors (Lipinski definition) is 4. The maximum atomic E-state index is 6.17. The number of aromatic nitrogens is 5. The SMILES string of the molecule is Nc1nc(NCc2ccc3cc[nH]c3c2)ncc1Cc1ccc2[nH]cnc2c1. The van der Waals surface area contributed by atoms with Crippen molar-refractivity contribution in [1.82, 2.24) is 24.9 Å². The summed E-state index contributed by atoms with van der Waals surface area (Å²) in [5.74, 6) is 1.01. The van der Waals surface area contributed by atoms with Crippen LogP contribution in [0.15, 0.2) is 61.2 Å². The van der Waals surface area contributed by atoms with Gasteiger partial charge in [0.1, 0.15) is 5.82 Å². The van der Waals surface area contributed by atoms with E-state index in [0.717, 1.165) is 33.2 Å². The molecular formula is C21H19N7. The molecule has 2 aromatic carbocycles. The number of benzene rings is 2. The van der Waals surface area contributed by atoms with Gasteiger partial charge in [-0.1, -0.05) is 18.2 Å². The highest BCUT2D eigenvalue weighted by molar-refractivity contribution is 5.80. The van der Waals surface area contributed by atoms with E-state index in [2.05, 4.69) is 60.6 Å². The second-order valence-electron chi connectivity index (χ2n) is 6.79. The predicted molar refractivity (Wildman–Crippen MR) is 111 cm³/mol. The predicted octanol–water partition coefficient (Wildman–Crippen LogP) is 3.62. The standard InChI is InChI=1S/C21H19N7/c22-20-16(7-13-2-4-17-19(8-13)27-12-26-17)11-25-21(28-20)24-10-14-1-3-15-5-6-23-18(15)9-14/h1-6,8-9,11-12,23H,7,10H2,(H,26,27)(H3,22,24,25,28). The Labute approximate surface area is 161 Å². The summed E-state index contributed by atoms with van der Waals surface area (Å²) in [6.07, 6.45) is 6.08. The van der Waals surface area contributed by atoms with E-state index in [9.17, 15) is 0 Å². The summed E-state index contributed by atoms with van der Waals surface area (Å²) in [6.45, 7) is 0.629. The smallest absolute Gasteiger partial charge is 0.224 e. The molecule has 3 heterocycles. The maximum Gasteiger partial charge on any atom is 0.224 e. The number of nitrogen functional groups attached to an aromatic ring is 1. The molecule has 0 amide bonds. The number of hydrogen-bond acceptors (Lipinski definition) is 5. The van der Waals surface area contributed by atoms with Crippen molar-refractivity contribution < 1.29 is 0 Å². The van der Waals surface area contributed by atoms with Crippen LogP contribution in [0.1, 0.15) is 16.7 Å². The van der Waals surface area contributed by atoms with Gasteiger partial charge in [0.25, 0.3) is 0 Å². The third-order valence-corrected chi connectivity index (χ3v) is 4.85. The van der Waals surface area contributed by atoms with Crippen LogP contribution in [0, 0.1) is 0 Å². The average Bonchev–Trinajstić information content (AvgIpc) is 3.36. The Kier molecular flexibility index (Phi) is 3.90. The van der Waals surface area contributed by atoms with Crippen LogP contribution in [-0.2, 0) is 13.0 Å². The van der Waals surface area contributed by atoms with Crippen molar-refractivity contribution in [2.75, 3.05) is 11.1 Å². The van der Waals surface area contributed by atoms with Crippen molar-refractivity contribution in [1.29, 1.82) is 0 Å². The first-order valence-corrected chi connectivity index (χ1v) is 9.08. The molecule has 0 unspecified atom stereocenters. The summed E-state index contributed by atoms with van der Waals surface area (Å²) >= 11 is 0. The van der Waals surface area contributed by atoms with Crippen LogP contribution >= 0.6 is 0 Å². The molecule has 138 valence electrons. The van der Waals surface area contributed by atoms with Crippen LogP contribution in [0.3, 0.4) is 0 Å². The third-order valence-electron chi connectivity index (χ3n) is 4.85. The summed E-state index contributed by atoms with van der Waals surface area (Å²) in [7, 11) is 0. The third kappa shape index (κ3) is 3.14. The van der Waals surface area contributed by atoms with E-state index in [1.807, 2.05) is 18.3 Å². The molecule has 0 fully saturated rings. The van der Waals surface area contributed by atoms with E-state index < -0.39 is 0 Å². The molecule has 0 aliphatic rings. The molecule has 0 saturated heterocycles. The van der Waals surface area contributed by atoms with Gasteiger partial charge < -0.3 is 21.0 Å². The number of anilines is 2. The van der Waals surface area contributed by atoms with Gasteiger partial charge in [0.05, 0.1) is 17.4 Å². The van der Waals surface area contributed by atoms with Crippen molar-refractivity contribution in [2.24, 2.45) is 0 Å². The first kappa shape index (κ1) is 16.3. The van der Waals surface area contributed by atoms with Crippen molar-refractivity contribution in [3.05, 3.63) is 77.9 Å². The fraction of sp³-hybridized carbons (Fsp3) is 0.0952. The minimum atomic E-state index is 0.486. The summed E-state index contributed by atoms with van der Waals surface area (Å²) in [6, 6.07) is 14.5. The summed E-state index contributed by atoms with van der Waals surface area (Å²) in [4.78, 5) is 19.5. The largest absolute Gasteiger partial charge is 0.383 e. The van der Waals surface area contributed by atoms with Gasteiger partial charge in [-0.3, -0.25) is 0 Å². The second-order valence-corrected chi connectivity index (χ2v) is 6.79. The molecule has 5 rings (SSSR count). The highest BCUT2D eigenvalue weighted by atomic mass is 15.1. The topological polar surface area (TPSA) is 108 Å². The molecule has 0 atom stereocenters. The highest BCUT2D eigenvalue weighted by Gasteiger charge is 2.07. The molecule has 5 aromatic rings. The minimum Gasteiger partial charge on any atom is -0.383 e. The number of fused-ring (bicyclic) bond motifs is 2. The Bertz CT molecular complexity index is 1270. The van der Waals surface area contributed by atoms with Crippen LogP contribution in [0.2, 0.25) is 0 Å². The molecule has 0 radical (unpaired) electrons. The van der Waals surface area contributed by atoms with Crippen LogP contribution < -0.4 is 11.1 Å². The van der Waals surface area contributed by atoms with E-state index in [0.29, 0.717) is 24.7 Å². The molecule has 5 N–H and O–H groups in total. The van der Waals surface area contributed by atoms with Crippen molar-refractivity contribution in [2.45, 2.75) is 13.0 Å². The van der Waals surface area contributed by atoms with Gasteiger partial charge in [0.2, 0.25) is 5.95 Å². The van der Waals surface area contributed by atoms with Crippen LogP contribution in [0.5, 0.6) is 0 Å². The van der Waals surface area contributed by atoms with Gasteiger partial charge in [-0.25, -0.2) is 9.97 Å². The number of aromatic amines is 2. The highest BCUT2D eigenvalue weighted by Crippen LogP contribution is 2.19. The maximum absolute atomic E-state index is 6.17. The normalized spacial score (nSPS) is 11.3. The van der Waals surface area contributed by atoms with Gasteiger partial charge in [0.15, 0.2) is 0 Å². The number of nitrogens with two attached hydrogens (primary N) is 1. The zero-order valence-corrected chi connectivity index (χ0v) is 15.1. The average molecular weight is 369 g/mol. The molecule has 3 aromatic heterocycles. The molecular weight excluding hydrogens is 350 g/mol. The van der Waals surface area contributed by atoms with Crippen molar-refractivity contribution >= 4 is 33.7 Å². The van der Waals surface area contributed by atoms with E-state index in [1.165, 1.54) is 5.39 Å². The van der Waals surface area contributed by atoms with E-state index >= 15 is 0 Å². The molecule has 0 aliphatic heterocycles. The van der Waals surface area contributed by atoms with Gasteiger partial charge in [-0.15, -0.1) is 0 Å². The molecule has 0 saturated carbocycles. The van der Waals surface area contributed by atoms with Crippen LogP contribution in [-0.4, -0.2) is 24.9 Å². The van der Waals surface area contributed by atoms with Gasteiger partial charge in [0, 0.05) is 36.4 Å². The molecule has 7 nitrogen and oxygen atoms in total. The fourth-order valence-corrected chi connectivity index (χ4v) is 3.33. The molecule has 28 heavy (non-hydrogen) atoms. The number of imidazole rings is 1. The molecule has 7 heteroatoms. The lowest BCUT2D eigenvalue weighted by Gasteiger charge is -2.09. The molecule has 0 aliphatic carbocycles. The minimum absolute atomic E-state index is 0.486. The van der Waals surface area contributed by atoms with Gasteiger partial charge in [-0.2, -0.15) is 4.98 Å². The zero-order valence-electron chi connectivity index (χ0n) is 15.1. The van der Waals surface area contributed by atoms with E-state index in [1.54, 1.807) is 12.5 Å². The zero-order chi connectivity index (χ0) is 18.9. The van der Waals surface area contributed by atoms with Gasteiger partial charge >= 0.3 is 0 Å². The number of H-pyrrole nitrogens is 2. The number of rotatable bonds is 5. The van der Waals surface area contributed by atoms with E-state index in [4.69, 9.17) is 5.73 Å².